The van der Waals surface area contributed by atoms with Crippen molar-refractivity contribution in [1.82, 2.24) is 24.4 Å². The first-order chi connectivity index (χ1) is 15.7. The van der Waals surface area contributed by atoms with Crippen LogP contribution in [0.3, 0.4) is 0 Å². The summed E-state index contributed by atoms with van der Waals surface area (Å²) in [6.45, 7) is 2.42. The number of hydrogen-bond acceptors (Lipinski definition) is 8. The van der Waals surface area contributed by atoms with Crippen LogP contribution < -0.4 is 5.32 Å². The first kappa shape index (κ1) is 20.9. The summed E-state index contributed by atoms with van der Waals surface area (Å²) in [7, 11) is 0. The Bertz CT molecular complexity index is 1160. The topological polar surface area (TPSA) is 101 Å². The van der Waals surface area contributed by atoms with E-state index < -0.39 is 0 Å². The van der Waals surface area contributed by atoms with Gasteiger partial charge in [-0.05, 0) is 29.8 Å². The maximum atomic E-state index is 9.81. The average Bonchev–Trinajstić information content (AvgIpc) is 3.49. The van der Waals surface area contributed by atoms with E-state index in [4.69, 9.17) is 20.8 Å². The van der Waals surface area contributed by atoms with Crippen LogP contribution in [-0.4, -0.2) is 55.3 Å². The van der Waals surface area contributed by atoms with E-state index in [1.54, 1.807) is 12.6 Å². The Morgan fingerprint density at radius 3 is 2.78 bits per heavy atom. The van der Waals surface area contributed by atoms with Crippen LogP contribution in [0.1, 0.15) is 17.6 Å². The lowest BCUT2D eigenvalue weighted by Crippen LogP contribution is -2.46. The van der Waals surface area contributed by atoms with Gasteiger partial charge in [-0.2, -0.15) is 0 Å². The number of anilines is 1. The molecule has 0 aliphatic carbocycles. The molecule has 166 valence electrons. The SMILES string of the molecule is OC[C@@H]1CN(Cc2ccc(Cl)cc2)C[C@H](n2cnc3c(NCc4ccco4)ncnc32)O1. The van der Waals surface area contributed by atoms with Gasteiger partial charge in [0.25, 0.3) is 0 Å². The monoisotopic (exact) mass is 454 g/mol. The zero-order valence-corrected chi connectivity index (χ0v) is 18.0. The molecule has 10 heteroatoms. The molecule has 1 fully saturated rings. The normalized spacial score (nSPS) is 19.4. The fourth-order valence-electron chi connectivity index (χ4n) is 3.90. The Morgan fingerprint density at radius 2 is 2.00 bits per heavy atom. The van der Waals surface area contributed by atoms with Crippen LogP contribution in [0.15, 0.2) is 59.7 Å². The van der Waals surface area contributed by atoms with Gasteiger partial charge in [0, 0.05) is 24.7 Å². The molecule has 4 heterocycles. The number of benzene rings is 1. The number of morpholine rings is 1. The Hall–Kier alpha value is -2.98. The highest BCUT2D eigenvalue weighted by molar-refractivity contribution is 6.30. The molecule has 0 amide bonds. The van der Waals surface area contributed by atoms with E-state index in [0.29, 0.717) is 41.6 Å². The van der Waals surface area contributed by atoms with Gasteiger partial charge in [-0.1, -0.05) is 23.7 Å². The molecule has 1 saturated heterocycles. The summed E-state index contributed by atoms with van der Waals surface area (Å²) in [6.07, 6.45) is 4.20. The molecule has 0 spiro atoms. The van der Waals surface area contributed by atoms with Gasteiger partial charge in [-0.25, -0.2) is 15.0 Å². The standard InChI is InChI=1S/C22H23ClN6O3/c23-16-5-3-15(4-6-16)9-28-10-18(12-30)32-19(11-28)29-14-27-20-21(25-13-26-22(20)29)24-8-17-2-1-7-31-17/h1-7,13-14,18-19,30H,8-12H2,(H,24,25,26)/t18-,19+/m0/s1. The summed E-state index contributed by atoms with van der Waals surface area (Å²) >= 11 is 6.01. The van der Waals surface area contributed by atoms with Gasteiger partial charge < -0.3 is 19.6 Å². The van der Waals surface area contributed by atoms with Gasteiger partial charge in [-0.15, -0.1) is 0 Å². The minimum Gasteiger partial charge on any atom is -0.467 e. The minimum absolute atomic E-state index is 0.0643. The van der Waals surface area contributed by atoms with E-state index in [0.717, 1.165) is 17.9 Å². The first-order valence-electron chi connectivity index (χ1n) is 10.4. The number of fused-ring (bicyclic) bond motifs is 1. The number of hydrogen-bond donors (Lipinski definition) is 2. The second-order valence-electron chi connectivity index (χ2n) is 7.70. The largest absolute Gasteiger partial charge is 0.467 e. The number of aliphatic hydroxyl groups excluding tert-OH is 1. The third-order valence-corrected chi connectivity index (χ3v) is 5.68. The fraction of sp³-hybridized carbons (Fsp3) is 0.318. The minimum atomic E-state index is -0.342. The van der Waals surface area contributed by atoms with Crippen molar-refractivity contribution in [3.8, 4) is 0 Å². The van der Waals surface area contributed by atoms with E-state index in [2.05, 4.69) is 25.2 Å². The number of rotatable bonds is 7. The maximum absolute atomic E-state index is 9.81. The predicted molar refractivity (Wildman–Crippen MR) is 119 cm³/mol. The quantitative estimate of drug-likeness (QED) is 0.439. The van der Waals surface area contributed by atoms with Gasteiger partial charge in [-0.3, -0.25) is 9.47 Å². The molecule has 1 aliphatic rings. The highest BCUT2D eigenvalue weighted by Crippen LogP contribution is 2.27. The fourth-order valence-corrected chi connectivity index (χ4v) is 4.03. The number of halogens is 1. The Kier molecular flexibility index (Phi) is 6.04. The van der Waals surface area contributed by atoms with Crippen LogP contribution in [0.4, 0.5) is 5.82 Å². The smallest absolute Gasteiger partial charge is 0.167 e. The summed E-state index contributed by atoms with van der Waals surface area (Å²) in [5.74, 6) is 1.42. The molecule has 0 saturated carbocycles. The molecule has 9 nitrogen and oxygen atoms in total. The van der Waals surface area contributed by atoms with Crippen molar-refractivity contribution >= 4 is 28.6 Å². The molecular weight excluding hydrogens is 432 g/mol. The van der Waals surface area contributed by atoms with Gasteiger partial charge in [0.1, 0.15) is 18.3 Å². The number of furan rings is 1. The highest BCUT2D eigenvalue weighted by atomic mass is 35.5. The molecule has 0 radical (unpaired) electrons. The Morgan fingerprint density at radius 1 is 1.12 bits per heavy atom. The Balaban J connectivity index is 1.37. The summed E-state index contributed by atoms with van der Waals surface area (Å²) in [5.41, 5.74) is 2.46. The third-order valence-electron chi connectivity index (χ3n) is 5.43. The van der Waals surface area contributed by atoms with Crippen molar-refractivity contribution in [2.75, 3.05) is 25.0 Å². The van der Waals surface area contributed by atoms with Crippen molar-refractivity contribution in [1.29, 1.82) is 0 Å². The van der Waals surface area contributed by atoms with Crippen LogP contribution in [0, 0.1) is 0 Å². The number of nitrogens with zero attached hydrogens (tertiary/aromatic N) is 5. The highest BCUT2D eigenvalue weighted by Gasteiger charge is 2.30. The van der Waals surface area contributed by atoms with Gasteiger partial charge >= 0.3 is 0 Å². The van der Waals surface area contributed by atoms with E-state index in [9.17, 15) is 5.11 Å². The van der Waals surface area contributed by atoms with E-state index in [1.807, 2.05) is 41.0 Å². The molecule has 4 aromatic rings. The number of aliphatic hydroxyl groups is 1. The number of nitrogens with one attached hydrogen (secondary N) is 1. The molecule has 1 aromatic carbocycles. The van der Waals surface area contributed by atoms with E-state index in [-0.39, 0.29) is 18.9 Å². The van der Waals surface area contributed by atoms with Crippen LogP contribution in [-0.2, 0) is 17.8 Å². The lowest BCUT2D eigenvalue weighted by molar-refractivity contribution is -0.135. The van der Waals surface area contributed by atoms with E-state index in [1.165, 1.54) is 6.33 Å². The van der Waals surface area contributed by atoms with Crippen LogP contribution in [0.2, 0.25) is 5.02 Å². The summed E-state index contributed by atoms with van der Waals surface area (Å²) in [4.78, 5) is 15.6. The second-order valence-corrected chi connectivity index (χ2v) is 8.13. The van der Waals surface area contributed by atoms with Gasteiger partial charge in [0.05, 0.1) is 31.8 Å². The average molecular weight is 455 g/mol. The van der Waals surface area contributed by atoms with Gasteiger partial charge in [0.15, 0.2) is 17.0 Å². The zero-order chi connectivity index (χ0) is 21.9. The predicted octanol–water partition coefficient (Wildman–Crippen LogP) is 3.08. The van der Waals surface area contributed by atoms with Crippen LogP contribution >= 0.6 is 11.6 Å². The second kappa shape index (κ2) is 9.25. The number of aromatic nitrogens is 4. The van der Waals surface area contributed by atoms with Crippen molar-refractivity contribution in [2.24, 2.45) is 0 Å². The van der Waals surface area contributed by atoms with Gasteiger partial charge in [0.2, 0.25) is 0 Å². The van der Waals surface area contributed by atoms with Crippen molar-refractivity contribution in [3.63, 3.8) is 0 Å². The molecule has 1 aliphatic heterocycles. The zero-order valence-electron chi connectivity index (χ0n) is 17.3. The Labute approximate surface area is 189 Å². The summed E-state index contributed by atoms with van der Waals surface area (Å²) in [6, 6.07) is 11.5. The maximum Gasteiger partial charge on any atom is 0.167 e. The molecule has 0 bridgehead atoms. The molecule has 3 aromatic heterocycles. The third kappa shape index (κ3) is 4.46. The van der Waals surface area contributed by atoms with Crippen molar-refractivity contribution < 1.29 is 14.3 Å². The van der Waals surface area contributed by atoms with Crippen molar-refractivity contribution in [3.05, 3.63) is 71.7 Å². The first-order valence-corrected chi connectivity index (χ1v) is 10.7. The molecule has 5 rings (SSSR count). The molecular formula is C22H23ClN6O3. The lowest BCUT2D eigenvalue weighted by atomic mass is 10.2. The lowest BCUT2D eigenvalue weighted by Gasteiger charge is -2.37. The molecule has 32 heavy (non-hydrogen) atoms. The van der Waals surface area contributed by atoms with E-state index >= 15 is 0 Å². The summed E-state index contributed by atoms with van der Waals surface area (Å²) < 4.78 is 13.4. The molecule has 2 N–H and O–H groups in total. The summed E-state index contributed by atoms with van der Waals surface area (Å²) in [5, 5.41) is 13.8. The van der Waals surface area contributed by atoms with Crippen molar-refractivity contribution in [2.45, 2.75) is 25.4 Å². The molecule has 0 unspecified atom stereocenters. The van der Waals surface area contributed by atoms with Crippen LogP contribution in [0.25, 0.3) is 11.2 Å². The number of imidazole rings is 1. The number of ether oxygens (including phenoxy) is 1. The molecule has 2 atom stereocenters. The van der Waals surface area contributed by atoms with Crippen LogP contribution in [0.5, 0.6) is 0 Å².